The molecule has 4 aromatic rings. The van der Waals surface area contributed by atoms with Crippen LogP contribution in [0.5, 0.6) is 0 Å². The van der Waals surface area contributed by atoms with Crippen LogP contribution in [0.4, 0.5) is 17.3 Å². The summed E-state index contributed by atoms with van der Waals surface area (Å²) in [5, 5.41) is 22.3. The highest BCUT2D eigenvalue weighted by molar-refractivity contribution is 6.06. The van der Waals surface area contributed by atoms with E-state index in [1.165, 1.54) is 17.0 Å². The Morgan fingerprint density at radius 2 is 1.88 bits per heavy atom. The van der Waals surface area contributed by atoms with Crippen LogP contribution in [0, 0.1) is 10.1 Å². The van der Waals surface area contributed by atoms with Crippen molar-refractivity contribution >= 4 is 23.2 Å². The molecule has 10 heteroatoms. The second kappa shape index (κ2) is 8.08. The molecule has 0 saturated carbocycles. The van der Waals surface area contributed by atoms with Crippen LogP contribution >= 0.6 is 0 Å². The lowest BCUT2D eigenvalue weighted by Crippen LogP contribution is -2.31. The molecule has 5 rings (SSSR count). The number of para-hydroxylation sites is 2. The van der Waals surface area contributed by atoms with Crippen molar-refractivity contribution in [1.82, 2.24) is 14.8 Å². The molecule has 0 saturated heterocycles. The summed E-state index contributed by atoms with van der Waals surface area (Å²) < 4.78 is 6.89. The molecule has 0 unspecified atom stereocenters. The molecule has 1 aliphatic rings. The molecule has 0 spiro atoms. The van der Waals surface area contributed by atoms with Crippen molar-refractivity contribution in [2.45, 2.75) is 13.0 Å². The van der Waals surface area contributed by atoms with Crippen LogP contribution in [0.2, 0.25) is 0 Å². The zero-order valence-corrected chi connectivity index (χ0v) is 17.4. The van der Waals surface area contributed by atoms with Crippen LogP contribution in [0.3, 0.4) is 0 Å². The van der Waals surface area contributed by atoms with E-state index < -0.39 is 16.9 Å². The molecule has 0 bridgehead atoms. The van der Waals surface area contributed by atoms with Crippen molar-refractivity contribution in [2.24, 2.45) is 0 Å². The summed E-state index contributed by atoms with van der Waals surface area (Å²) in [4.78, 5) is 29.3. The number of hydrogen-bond donors (Lipinski definition) is 2. The smallest absolute Gasteiger partial charge is 0.275 e. The van der Waals surface area contributed by atoms with Crippen LogP contribution in [0.25, 0.3) is 11.6 Å². The number of carbonyl (C=O) groups is 1. The molecule has 10 nitrogen and oxygen atoms in total. The number of rotatable bonds is 5. The molecule has 1 amide bonds. The number of aromatic nitrogens is 3. The Hall–Kier alpha value is -4.73. The summed E-state index contributed by atoms with van der Waals surface area (Å²) in [5.74, 6) is 0.671. The van der Waals surface area contributed by atoms with Crippen LogP contribution in [-0.4, -0.2) is 25.6 Å². The first-order valence-electron chi connectivity index (χ1n) is 10.1. The van der Waals surface area contributed by atoms with Crippen LogP contribution in [-0.2, 0) is 4.79 Å². The molecule has 0 aliphatic carbocycles. The Balaban J connectivity index is 1.66. The number of nitrogens with one attached hydrogen (secondary N) is 2. The van der Waals surface area contributed by atoms with Gasteiger partial charge in [0.05, 0.1) is 22.3 Å². The number of fused-ring (bicyclic) bond motifs is 1. The number of allylic oxidation sites excluding steroid dienone is 1. The number of nitro groups is 1. The highest BCUT2D eigenvalue weighted by atomic mass is 16.6. The number of nitro benzene ring substituents is 1. The summed E-state index contributed by atoms with van der Waals surface area (Å²) in [6.07, 6.45) is 1.50. The van der Waals surface area contributed by atoms with Crippen molar-refractivity contribution < 1.29 is 14.1 Å². The Kier molecular flexibility index (Phi) is 4.94. The minimum atomic E-state index is -0.886. The molecule has 1 aliphatic heterocycles. The molecule has 164 valence electrons. The number of carbonyl (C=O) groups excluding carboxylic acids is 1. The Morgan fingerprint density at radius 3 is 2.61 bits per heavy atom. The van der Waals surface area contributed by atoms with Gasteiger partial charge in [0.15, 0.2) is 5.76 Å². The Bertz CT molecular complexity index is 1380. The van der Waals surface area contributed by atoms with Gasteiger partial charge in [-0.2, -0.15) is 4.98 Å². The zero-order valence-electron chi connectivity index (χ0n) is 17.4. The monoisotopic (exact) mass is 442 g/mol. The average Bonchev–Trinajstić information content (AvgIpc) is 3.48. The van der Waals surface area contributed by atoms with Crippen LogP contribution in [0.1, 0.15) is 18.5 Å². The minimum absolute atomic E-state index is 0.122. The van der Waals surface area contributed by atoms with Gasteiger partial charge in [-0.1, -0.05) is 30.3 Å². The second-order valence-electron chi connectivity index (χ2n) is 7.38. The highest BCUT2D eigenvalue weighted by Gasteiger charge is 2.38. The Morgan fingerprint density at radius 1 is 1.12 bits per heavy atom. The summed E-state index contributed by atoms with van der Waals surface area (Å²) in [5.41, 5.74) is 1.60. The molecule has 0 fully saturated rings. The van der Waals surface area contributed by atoms with Gasteiger partial charge in [0.2, 0.25) is 11.8 Å². The second-order valence-corrected chi connectivity index (χ2v) is 7.38. The number of anilines is 2. The topological polar surface area (TPSA) is 128 Å². The first-order valence-corrected chi connectivity index (χ1v) is 10.1. The van der Waals surface area contributed by atoms with Crippen molar-refractivity contribution in [1.29, 1.82) is 0 Å². The summed E-state index contributed by atoms with van der Waals surface area (Å²) in [7, 11) is 0. The maximum atomic E-state index is 13.4. The van der Waals surface area contributed by atoms with E-state index >= 15 is 0 Å². The van der Waals surface area contributed by atoms with E-state index in [1.54, 1.807) is 61.5 Å². The average molecular weight is 442 g/mol. The van der Waals surface area contributed by atoms with E-state index in [2.05, 4.69) is 20.7 Å². The molecule has 33 heavy (non-hydrogen) atoms. The summed E-state index contributed by atoms with van der Waals surface area (Å²) in [6, 6.07) is 17.8. The molecule has 2 aromatic carbocycles. The number of amides is 1. The van der Waals surface area contributed by atoms with Crippen molar-refractivity contribution in [3.63, 3.8) is 0 Å². The minimum Gasteiger partial charge on any atom is -0.461 e. The van der Waals surface area contributed by atoms with Gasteiger partial charge >= 0.3 is 0 Å². The predicted molar refractivity (Wildman–Crippen MR) is 120 cm³/mol. The quantitative estimate of drug-likeness (QED) is 0.347. The van der Waals surface area contributed by atoms with Gasteiger partial charge in [-0.3, -0.25) is 14.9 Å². The Labute approximate surface area is 187 Å². The van der Waals surface area contributed by atoms with E-state index in [4.69, 9.17) is 4.42 Å². The maximum absolute atomic E-state index is 13.4. The largest absolute Gasteiger partial charge is 0.461 e. The summed E-state index contributed by atoms with van der Waals surface area (Å²) in [6.45, 7) is 1.73. The van der Waals surface area contributed by atoms with E-state index in [9.17, 15) is 14.9 Å². The predicted octanol–water partition coefficient (Wildman–Crippen LogP) is 4.37. The first-order chi connectivity index (χ1) is 16.0. The maximum Gasteiger partial charge on any atom is 0.275 e. The molecule has 0 radical (unpaired) electrons. The van der Waals surface area contributed by atoms with E-state index in [-0.39, 0.29) is 11.3 Å². The molecule has 3 heterocycles. The van der Waals surface area contributed by atoms with Gasteiger partial charge in [0, 0.05) is 17.5 Å². The number of hydrogen-bond acceptors (Lipinski definition) is 7. The molecule has 2 N–H and O–H groups in total. The van der Waals surface area contributed by atoms with E-state index in [0.717, 1.165) is 0 Å². The fourth-order valence-electron chi connectivity index (χ4n) is 3.85. The number of nitrogens with zero attached hydrogens (tertiary/aromatic N) is 4. The summed E-state index contributed by atoms with van der Waals surface area (Å²) >= 11 is 0. The lowest BCUT2D eigenvalue weighted by atomic mass is 9.93. The van der Waals surface area contributed by atoms with E-state index in [0.29, 0.717) is 34.5 Å². The molecule has 2 aromatic heterocycles. The SMILES string of the molecule is CC1=C(C(=O)Nc2ccccc2)[C@@H](c2ccccc2[N+](=O)[O-])n2nc(-c3ccco3)nc2N1. The lowest BCUT2D eigenvalue weighted by molar-refractivity contribution is -0.385. The number of furan rings is 1. The van der Waals surface area contributed by atoms with Gasteiger partial charge < -0.3 is 15.1 Å². The van der Waals surface area contributed by atoms with Crippen molar-refractivity contribution in [3.05, 3.63) is 99.9 Å². The molecular formula is C23H18N6O4. The molecular weight excluding hydrogens is 424 g/mol. The van der Waals surface area contributed by atoms with Crippen LogP contribution < -0.4 is 10.6 Å². The van der Waals surface area contributed by atoms with Gasteiger partial charge in [0.25, 0.3) is 11.6 Å². The van der Waals surface area contributed by atoms with E-state index in [1.807, 2.05) is 6.07 Å². The van der Waals surface area contributed by atoms with Gasteiger partial charge in [-0.25, -0.2) is 4.68 Å². The fraction of sp³-hybridized carbons (Fsp3) is 0.0870. The zero-order chi connectivity index (χ0) is 22.9. The third kappa shape index (κ3) is 3.63. The van der Waals surface area contributed by atoms with Crippen molar-refractivity contribution in [3.8, 4) is 11.6 Å². The van der Waals surface area contributed by atoms with Gasteiger partial charge in [0.1, 0.15) is 6.04 Å². The van der Waals surface area contributed by atoms with Gasteiger partial charge in [-0.15, -0.1) is 5.10 Å². The standard InChI is InChI=1S/C23H18N6O4/c1-14-19(22(30)25-15-8-3-2-4-9-15)20(16-10-5-6-11-17(16)29(31)32)28-23(24-14)26-21(27-28)18-12-7-13-33-18/h2-13,20H,1H3,(H,25,30)(H,24,26,27)/t20-/m1/s1. The van der Waals surface area contributed by atoms with Crippen LogP contribution in [0.15, 0.2) is 88.7 Å². The van der Waals surface area contributed by atoms with Gasteiger partial charge in [-0.05, 0) is 37.3 Å². The lowest BCUT2D eigenvalue weighted by Gasteiger charge is -2.28. The van der Waals surface area contributed by atoms with Crippen molar-refractivity contribution in [2.75, 3.05) is 10.6 Å². The third-order valence-corrected chi connectivity index (χ3v) is 5.30. The number of benzene rings is 2. The molecule has 1 atom stereocenters. The normalized spacial score (nSPS) is 15.0. The fourth-order valence-corrected chi connectivity index (χ4v) is 3.85. The highest BCUT2D eigenvalue weighted by Crippen LogP contribution is 2.40. The third-order valence-electron chi connectivity index (χ3n) is 5.30. The first kappa shape index (κ1) is 20.2.